The first-order chi connectivity index (χ1) is 8.65. The van der Waals surface area contributed by atoms with Crippen LogP contribution in [0.25, 0.3) is 0 Å². The van der Waals surface area contributed by atoms with Crippen LogP contribution in [0.5, 0.6) is 0 Å². The maximum Gasteiger partial charge on any atom is 0.226 e. The van der Waals surface area contributed by atoms with Crippen molar-refractivity contribution in [3.63, 3.8) is 0 Å². The van der Waals surface area contributed by atoms with E-state index in [-0.39, 0.29) is 12.0 Å². The zero-order chi connectivity index (χ0) is 13.0. The Balaban J connectivity index is 1.90. The van der Waals surface area contributed by atoms with Crippen LogP contribution < -0.4 is 5.32 Å². The Morgan fingerprint density at radius 1 is 1.50 bits per heavy atom. The van der Waals surface area contributed by atoms with Crippen LogP contribution in [0.2, 0.25) is 5.02 Å². The number of hydrogen-bond acceptors (Lipinski definition) is 2. The van der Waals surface area contributed by atoms with E-state index in [1.54, 1.807) is 6.07 Å². The highest BCUT2D eigenvalue weighted by Crippen LogP contribution is 2.21. The summed E-state index contributed by atoms with van der Waals surface area (Å²) in [6.07, 6.45) is 3.74. The quantitative estimate of drug-likeness (QED) is 0.910. The summed E-state index contributed by atoms with van der Waals surface area (Å²) >= 11 is 5.88. The number of carbonyl (C=O) groups excluding carboxylic acids is 1. The standard InChI is InChI=1S/C14H18ClNO2/c1-10-8-11(15)5-6-13(10)16-14(17)9-12-4-2-3-7-18-12/h5-6,8,12H,2-4,7,9H2,1H3,(H,16,17). The topological polar surface area (TPSA) is 38.3 Å². The van der Waals surface area contributed by atoms with Crippen LogP contribution >= 0.6 is 11.6 Å². The molecule has 1 saturated heterocycles. The number of aryl methyl sites for hydroxylation is 1. The van der Waals surface area contributed by atoms with Gasteiger partial charge in [0.25, 0.3) is 0 Å². The second-order valence-corrected chi connectivity index (χ2v) is 5.14. The van der Waals surface area contributed by atoms with Gasteiger partial charge in [0.15, 0.2) is 0 Å². The van der Waals surface area contributed by atoms with Gasteiger partial charge in [-0.15, -0.1) is 0 Å². The fourth-order valence-corrected chi connectivity index (χ4v) is 2.37. The minimum absolute atomic E-state index is 0.00678. The van der Waals surface area contributed by atoms with Gasteiger partial charge in [0.05, 0.1) is 12.5 Å². The monoisotopic (exact) mass is 267 g/mol. The number of anilines is 1. The first-order valence-corrected chi connectivity index (χ1v) is 6.70. The minimum atomic E-state index is 0.00678. The van der Waals surface area contributed by atoms with E-state index in [1.807, 2.05) is 19.1 Å². The van der Waals surface area contributed by atoms with Crippen molar-refractivity contribution >= 4 is 23.2 Å². The predicted molar refractivity (Wildman–Crippen MR) is 73.0 cm³/mol. The van der Waals surface area contributed by atoms with E-state index >= 15 is 0 Å². The summed E-state index contributed by atoms with van der Waals surface area (Å²) in [5, 5.41) is 3.59. The Bertz CT molecular complexity index is 428. The Labute approximate surface area is 112 Å². The molecule has 1 amide bonds. The summed E-state index contributed by atoms with van der Waals surface area (Å²) < 4.78 is 5.55. The summed E-state index contributed by atoms with van der Waals surface area (Å²) in [5.41, 5.74) is 1.79. The summed E-state index contributed by atoms with van der Waals surface area (Å²) in [6.45, 7) is 2.70. The second-order valence-electron chi connectivity index (χ2n) is 4.70. The molecule has 0 bridgehead atoms. The van der Waals surface area contributed by atoms with Crippen molar-refractivity contribution in [2.24, 2.45) is 0 Å². The zero-order valence-electron chi connectivity index (χ0n) is 10.5. The molecule has 18 heavy (non-hydrogen) atoms. The van der Waals surface area contributed by atoms with Gasteiger partial charge in [-0.1, -0.05) is 11.6 Å². The number of nitrogens with one attached hydrogen (secondary N) is 1. The maximum atomic E-state index is 11.9. The smallest absolute Gasteiger partial charge is 0.226 e. The molecule has 1 aromatic carbocycles. The Hall–Kier alpha value is -1.06. The van der Waals surface area contributed by atoms with E-state index in [0.29, 0.717) is 11.4 Å². The van der Waals surface area contributed by atoms with Gasteiger partial charge in [-0.05, 0) is 49.9 Å². The highest BCUT2D eigenvalue weighted by Gasteiger charge is 2.17. The molecule has 4 heteroatoms. The van der Waals surface area contributed by atoms with Crippen molar-refractivity contribution in [1.82, 2.24) is 0 Å². The largest absolute Gasteiger partial charge is 0.378 e. The maximum absolute atomic E-state index is 11.9. The van der Waals surface area contributed by atoms with Gasteiger partial charge in [0, 0.05) is 17.3 Å². The molecular formula is C14H18ClNO2. The fourth-order valence-electron chi connectivity index (χ4n) is 2.14. The van der Waals surface area contributed by atoms with Gasteiger partial charge >= 0.3 is 0 Å². The lowest BCUT2D eigenvalue weighted by atomic mass is 10.1. The first kappa shape index (κ1) is 13.4. The number of amides is 1. The van der Waals surface area contributed by atoms with E-state index in [0.717, 1.165) is 37.1 Å². The molecule has 0 aliphatic carbocycles. The van der Waals surface area contributed by atoms with E-state index in [1.165, 1.54) is 0 Å². The van der Waals surface area contributed by atoms with E-state index in [9.17, 15) is 4.79 Å². The van der Waals surface area contributed by atoms with Gasteiger partial charge in [-0.3, -0.25) is 4.79 Å². The number of halogens is 1. The molecule has 0 aromatic heterocycles. The number of ether oxygens (including phenoxy) is 1. The molecule has 1 aliphatic heterocycles. The molecule has 1 N–H and O–H groups in total. The predicted octanol–water partition coefficient (Wildman–Crippen LogP) is 3.55. The summed E-state index contributed by atoms with van der Waals surface area (Å²) in [4.78, 5) is 11.9. The van der Waals surface area contributed by atoms with Crippen molar-refractivity contribution in [2.75, 3.05) is 11.9 Å². The van der Waals surface area contributed by atoms with Gasteiger partial charge in [0.2, 0.25) is 5.91 Å². The van der Waals surface area contributed by atoms with Crippen molar-refractivity contribution < 1.29 is 9.53 Å². The Morgan fingerprint density at radius 3 is 3.00 bits per heavy atom. The normalized spacial score (nSPS) is 19.6. The number of carbonyl (C=O) groups is 1. The Kier molecular flexibility index (Phi) is 4.61. The average Bonchev–Trinajstić information content (AvgIpc) is 2.34. The molecule has 3 nitrogen and oxygen atoms in total. The van der Waals surface area contributed by atoms with Gasteiger partial charge < -0.3 is 10.1 Å². The fraction of sp³-hybridized carbons (Fsp3) is 0.500. The molecule has 0 radical (unpaired) electrons. The number of benzene rings is 1. The molecule has 2 rings (SSSR count). The van der Waals surface area contributed by atoms with Crippen LogP contribution in [-0.2, 0) is 9.53 Å². The lowest BCUT2D eigenvalue weighted by Crippen LogP contribution is -2.25. The van der Waals surface area contributed by atoms with Crippen LogP contribution in [0.3, 0.4) is 0 Å². The highest BCUT2D eigenvalue weighted by atomic mass is 35.5. The molecular weight excluding hydrogens is 250 g/mol. The minimum Gasteiger partial charge on any atom is -0.378 e. The molecule has 1 fully saturated rings. The molecule has 0 spiro atoms. The Morgan fingerprint density at radius 2 is 2.33 bits per heavy atom. The summed E-state index contributed by atoms with van der Waals surface area (Å²) in [6, 6.07) is 5.45. The third-order valence-electron chi connectivity index (χ3n) is 3.15. The van der Waals surface area contributed by atoms with E-state index in [2.05, 4.69) is 5.32 Å². The van der Waals surface area contributed by atoms with Crippen LogP contribution in [0.15, 0.2) is 18.2 Å². The van der Waals surface area contributed by atoms with E-state index in [4.69, 9.17) is 16.3 Å². The van der Waals surface area contributed by atoms with Crippen LogP contribution in [-0.4, -0.2) is 18.6 Å². The lowest BCUT2D eigenvalue weighted by Gasteiger charge is -2.22. The second kappa shape index (κ2) is 6.21. The van der Waals surface area contributed by atoms with Gasteiger partial charge in [0.1, 0.15) is 0 Å². The molecule has 98 valence electrons. The molecule has 1 atom stereocenters. The van der Waals surface area contributed by atoms with E-state index < -0.39 is 0 Å². The lowest BCUT2D eigenvalue weighted by molar-refractivity contribution is -0.119. The molecule has 1 aliphatic rings. The third kappa shape index (κ3) is 3.72. The summed E-state index contributed by atoms with van der Waals surface area (Å²) in [7, 11) is 0. The molecule has 1 aromatic rings. The van der Waals surface area contributed by atoms with Gasteiger partial charge in [-0.25, -0.2) is 0 Å². The van der Waals surface area contributed by atoms with Crippen molar-refractivity contribution in [2.45, 2.75) is 38.7 Å². The summed E-state index contributed by atoms with van der Waals surface area (Å²) in [5.74, 6) is 0.00678. The molecule has 1 unspecified atom stereocenters. The first-order valence-electron chi connectivity index (χ1n) is 6.33. The molecule has 0 saturated carbocycles. The SMILES string of the molecule is Cc1cc(Cl)ccc1NC(=O)CC1CCCCO1. The average molecular weight is 268 g/mol. The number of hydrogen-bond donors (Lipinski definition) is 1. The third-order valence-corrected chi connectivity index (χ3v) is 3.38. The van der Waals surface area contributed by atoms with Crippen LogP contribution in [0, 0.1) is 6.92 Å². The van der Waals surface area contributed by atoms with Crippen molar-refractivity contribution in [3.05, 3.63) is 28.8 Å². The van der Waals surface area contributed by atoms with Crippen LogP contribution in [0.4, 0.5) is 5.69 Å². The number of rotatable bonds is 3. The highest BCUT2D eigenvalue weighted by molar-refractivity contribution is 6.30. The zero-order valence-corrected chi connectivity index (χ0v) is 11.3. The van der Waals surface area contributed by atoms with Crippen molar-refractivity contribution in [1.29, 1.82) is 0 Å². The molecule has 1 heterocycles. The van der Waals surface area contributed by atoms with Crippen molar-refractivity contribution in [3.8, 4) is 0 Å². The van der Waals surface area contributed by atoms with Crippen LogP contribution in [0.1, 0.15) is 31.2 Å². The van der Waals surface area contributed by atoms with Gasteiger partial charge in [-0.2, -0.15) is 0 Å².